The fourth-order valence-corrected chi connectivity index (χ4v) is 7.89. The number of rotatable bonds is 3. The molecule has 0 fully saturated rings. The van der Waals surface area contributed by atoms with Gasteiger partial charge in [-0.2, -0.15) is 0 Å². The first-order valence-corrected chi connectivity index (χ1v) is 17.5. The van der Waals surface area contributed by atoms with Crippen molar-refractivity contribution in [3.63, 3.8) is 0 Å². The molecule has 0 radical (unpaired) electrons. The molecule has 0 bridgehead atoms. The largest absolute Gasteiger partial charge is 0.361 e. The molecule has 3 nitrogen and oxygen atoms in total. The molecule has 9 rings (SSSR count). The van der Waals surface area contributed by atoms with Crippen molar-refractivity contribution in [3.8, 4) is 33.5 Å². The maximum Gasteiger partial charge on any atom is 0.0969 e. The second kappa shape index (κ2) is 12.4. The number of hydrogen-bond acceptors (Lipinski definition) is 3. The zero-order chi connectivity index (χ0) is 33.6. The number of benzene rings is 4. The quantitative estimate of drug-likeness (QED) is 0.192. The average Bonchev–Trinajstić information content (AvgIpc) is 3.17. The third-order valence-corrected chi connectivity index (χ3v) is 10.5. The van der Waals surface area contributed by atoms with Gasteiger partial charge in [0.15, 0.2) is 0 Å². The Bertz CT molecular complexity index is 2420. The van der Waals surface area contributed by atoms with Gasteiger partial charge in [0.05, 0.1) is 22.9 Å². The van der Waals surface area contributed by atoms with Crippen molar-refractivity contribution in [2.75, 3.05) is 7.05 Å². The summed E-state index contributed by atoms with van der Waals surface area (Å²) in [5.41, 5.74) is 16.6. The van der Waals surface area contributed by atoms with Gasteiger partial charge in [-0.25, -0.2) is 4.98 Å². The van der Waals surface area contributed by atoms with Gasteiger partial charge in [0.25, 0.3) is 0 Å². The highest BCUT2D eigenvalue weighted by Crippen LogP contribution is 2.43. The Kier molecular flexibility index (Phi) is 7.47. The van der Waals surface area contributed by atoms with Crippen LogP contribution in [-0.4, -0.2) is 21.9 Å². The Balaban J connectivity index is 1.08. The lowest BCUT2D eigenvalue weighted by atomic mass is 9.84. The molecule has 2 aromatic heterocycles. The summed E-state index contributed by atoms with van der Waals surface area (Å²) in [6.45, 7) is 2.28. The van der Waals surface area contributed by atoms with Crippen molar-refractivity contribution in [1.82, 2.24) is 14.9 Å². The maximum atomic E-state index is 5.36. The standard InChI is InChI=1S/C47H37N3/c1-31-11-4-3-5-15-41-39-14-8-9-17-42(39)49-45(44(41)40-16-7-6-13-38(31)40)36-24-20-33(21-25-36)32-18-22-34(23-19-32)43-29-28-37-27-26-35-12-10-30-48-46(35)47(37)50(43)2/h3-14,16-31,47H,15H2,1-2H3/b5-3-,11-4-. The molecule has 0 spiro atoms. The van der Waals surface area contributed by atoms with Gasteiger partial charge in [-0.15, -0.1) is 0 Å². The maximum absolute atomic E-state index is 5.36. The number of fused-ring (bicyclic) bond motifs is 8. The molecular formula is C47H37N3. The van der Waals surface area contributed by atoms with Crippen LogP contribution in [0.15, 0.2) is 163 Å². The van der Waals surface area contributed by atoms with Crippen LogP contribution in [0.1, 0.15) is 46.8 Å². The van der Waals surface area contributed by atoms with Gasteiger partial charge in [0.2, 0.25) is 0 Å². The second-order valence-corrected chi connectivity index (χ2v) is 13.4. The molecule has 0 saturated carbocycles. The monoisotopic (exact) mass is 643 g/mol. The summed E-state index contributed by atoms with van der Waals surface area (Å²) >= 11 is 0. The van der Waals surface area contributed by atoms with Crippen molar-refractivity contribution in [2.24, 2.45) is 0 Å². The molecule has 2 aliphatic carbocycles. The number of aromatic nitrogens is 2. The van der Waals surface area contributed by atoms with E-state index >= 15 is 0 Å². The van der Waals surface area contributed by atoms with E-state index in [1.807, 2.05) is 12.3 Å². The van der Waals surface area contributed by atoms with Crippen LogP contribution in [0.25, 0.3) is 56.2 Å². The van der Waals surface area contributed by atoms with Gasteiger partial charge in [0.1, 0.15) is 0 Å². The summed E-state index contributed by atoms with van der Waals surface area (Å²) < 4.78 is 0. The Labute approximate surface area is 294 Å². The van der Waals surface area contributed by atoms with Gasteiger partial charge in [-0.05, 0) is 75.1 Å². The first kappa shape index (κ1) is 30.0. The van der Waals surface area contributed by atoms with Crippen molar-refractivity contribution >= 4 is 22.7 Å². The van der Waals surface area contributed by atoms with Crippen molar-refractivity contribution in [3.05, 3.63) is 191 Å². The summed E-state index contributed by atoms with van der Waals surface area (Å²) in [5, 5.41) is 1.21. The Morgan fingerprint density at radius 2 is 1.44 bits per heavy atom. The number of likely N-dealkylation sites (N-methyl/N-ethyl adjacent to an activating group) is 1. The van der Waals surface area contributed by atoms with Crippen LogP contribution in [-0.2, 0) is 6.42 Å². The summed E-state index contributed by atoms with van der Waals surface area (Å²) in [7, 11) is 2.17. The first-order valence-electron chi connectivity index (χ1n) is 17.5. The molecule has 3 aliphatic rings. The molecular weight excluding hydrogens is 607 g/mol. The normalized spacial score (nSPS) is 19.0. The Morgan fingerprint density at radius 3 is 2.28 bits per heavy atom. The average molecular weight is 644 g/mol. The molecule has 6 aromatic rings. The topological polar surface area (TPSA) is 29.0 Å². The smallest absolute Gasteiger partial charge is 0.0969 e. The van der Waals surface area contributed by atoms with Crippen molar-refractivity contribution < 1.29 is 0 Å². The van der Waals surface area contributed by atoms with Crippen LogP contribution in [0.3, 0.4) is 0 Å². The molecule has 2 atom stereocenters. The number of pyridine rings is 2. The SMILES string of the molecule is CC1/C=C\C=C/Cc2c(c(-c3ccc(-c4ccc(C5=CC=C6C=Cc7cccnc7C6N5C)cc4)cc3)nc3ccccc23)-c2ccccc21. The molecule has 240 valence electrons. The number of para-hydroxylation sites is 1. The van der Waals surface area contributed by atoms with E-state index in [1.54, 1.807) is 0 Å². The molecule has 3 heterocycles. The summed E-state index contributed by atoms with van der Waals surface area (Å²) in [5.74, 6) is 0.278. The van der Waals surface area contributed by atoms with Crippen LogP contribution in [0, 0.1) is 0 Å². The van der Waals surface area contributed by atoms with E-state index in [0.717, 1.165) is 28.9 Å². The van der Waals surface area contributed by atoms with Crippen LogP contribution >= 0.6 is 0 Å². The lowest BCUT2D eigenvalue weighted by molar-refractivity contribution is 0.391. The predicted molar refractivity (Wildman–Crippen MR) is 208 cm³/mol. The molecule has 2 unspecified atom stereocenters. The van der Waals surface area contributed by atoms with E-state index in [-0.39, 0.29) is 12.0 Å². The molecule has 0 N–H and O–H groups in total. The highest BCUT2D eigenvalue weighted by atomic mass is 15.2. The summed E-state index contributed by atoms with van der Waals surface area (Å²) in [6, 6.07) is 39.6. The summed E-state index contributed by atoms with van der Waals surface area (Å²) in [6.07, 6.45) is 20.5. The van der Waals surface area contributed by atoms with Crippen molar-refractivity contribution in [2.45, 2.75) is 25.3 Å². The van der Waals surface area contributed by atoms with Gasteiger partial charge >= 0.3 is 0 Å². The highest BCUT2D eigenvalue weighted by molar-refractivity contribution is 5.97. The lowest BCUT2D eigenvalue weighted by Crippen LogP contribution is -2.29. The molecule has 4 aromatic carbocycles. The first-order chi connectivity index (χ1) is 24.6. The van der Waals surface area contributed by atoms with E-state index in [0.29, 0.717) is 0 Å². The van der Waals surface area contributed by atoms with E-state index in [1.165, 1.54) is 61.2 Å². The molecule has 1 aliphatic heterocycles. The van der Waals surface area contributed by atoms with Crippen LogP contribution in [0.2, 0.25) is 0 Å². The van der Waals surface area contributed by atoms with Gasteiger partial charge in [0, 0.05) is 35.5 Å². The number of nitrogens with zero attached hydrogens (tertiary/aromatic N) is 3. The predicted octanol–water partition coefficient (Wildman–Crippen LogP) is 11.4. The van der Waals surface area contributed by atoms with E-state index in [2.05, 4.69) is 171 Å². The third kappa shape index (κ3) is 5.14. The molecule has 50 heavy (non-hydrogen) atoms. The van der Waals surface area contributed by atoms with Crippen LogP contribution < -0.4 is 0 Å². The number of allylic oxidation sites excluding steroid dienone is 6. The van der Waals surface area contributed by atoms with Crippen LogP contribution in [0.5, 0.6) is 0 Å². The minimum atomic E-state index is 0.114. The molecule has 0 amide bonds. The van der Waals surface area contributed by atoms with Gasteiger partial charge < -0.3 is 4.90 Å². The van der Waals surface area contributed by atoms with Crippen molar-refractivity contribution in [1.29, 1.82) is 0 Å². The van der Waals surface area contributed by atoms with E-state index in [4.69, 9.17) is 9.97 Å². The molecule has 3 heteroatoms. The Morgan fingerprint density at radius 1 is 0.700 bits per heavy atom. The third-order valence-electron chi connectivity index (χ3n) is 10.5. The fraction of sp³-hybridized carbons (Fsp3) is 0.106. The Hall–Kier alpha value is -6.06. The van der Waals surface area contributed by atoms with E-state index in [9.17, 15) is 0 Å². The zero-order valence-corrected chi connectivity index (χ0v) is 28.3. The summed E-state index contributed by atoms with van der Waals surface area (Å²) in [4.78, 5) is 12.5. The van der Waals surface area contributed by atoms with Gasteiger partial charge in [-0.1, -0.05) is 147 Å². The zero-order valence-electron chi connectivity index (χ0n) is 28.3. The van der Waals surface area contributed by atoms with E-state index < -0.39 is 0 Å². The molecule has 0 saturated heterocycles. The minimum Gasteiger partial charge on any atom is -0.361 e. The fourth-order valence-electron chi connectivity index (χ4n) is 7.89. The lowest BCUT2D eigenvalue weighted by Gasteiger charge is -2.37. The second-order valence-electron chi connectivity index (χ2n) is 13.4. The van der Waals surface area contributed by atoms with Gasteiger partial charge in [-0.3, -0.25) is 4.98 Å². The van der Waals surface area contributed by atoms with Crippen LogP contribution in [0.4, 0.5) is 0 Å². The highest BCUT2D eigenvalue weighted by Gasteiger charge is 2.30. The number of hydrogen-bond donors (Lipinski definition) is 0. The minimum absolute atomic E-state index is 0.114.